The van der Waals surface area contributed by atoms with Crippen LogP contribution in [0.3, 0.4) is 0 Å². The molecule has 8 nitrogen and oxygen atoms in total. The summed E-state index contributed by atoms with van der Waals surface area (Å²) in [7, 11) is -3.63. The number of anilines is 2. The van der Waals surface area contributed by atoms with Gasteiger partial charge in [-0.15, -0.1) is 0 Å². The van der Waals surface area contributed by atoms with Crippen LogP contribution in [-0.4, -0.2) is 29.8 Å². The van der Waals surface area contributed by atoms with Crippen LogP contribution >= 0.6 is 0 Å². The Kier molecular flexibility index (Phi) is 4.84. The zero-order valence-corrected chi connectivity index (χ0v) is 16.3. The average Bonchev–Trinajstić information content (AvgIpc) is 2.60. The number of nitrogens with two attached hydrogens (primary N) is 1. The van der Waals surface area contributed by atoms with Gasteiger partial charge in [0.05, 0.1) is 33.4 Å². The molecule has 1 atom stereocenters. The highest BCUT2D eigenvalue weighted by molar-refractivity contribution is 7.92. The smallest absolute Gasteiger partial charge is 0.267 e. The van der Waals surface area contributed by atoms with E-state index >= 15 is 0 Å². The van der Waals surface area contributed by atoms with Crippen molar-refractivity contribution < 1.29 is 17.6 Å². The highest BCUT2D eigenvalue weighted by Gasteiger charge is 2.34. The number of carbonyl (C=O) groups excluding carboxylic acids is 1. The number of sulfone groups is 1. The van der Waals surface area contributed by atoms with Gasteiger partial charge < -0.3 is 11.1 Å². The van der Waals surface area contributed by atoms with E-state index in [1.54, 1.807) is 26.8 Å². The maximum Gasteiger partial charge on any atom is 0.267 e. The number of benzene rings is 1. The van der Waals surface area contributed by atoms with Gasteiger partial charge in [-0.3, -0.25) is 15.2 Å². The van der Waals surface area contributed by atoms with Gasteiger partial charge in [-0.2, -0.15) is 5.10 Å². The zero-order valence-electron chi connectivity index (χ0n) is 15.5. The molecule has 10 heteroatoms. The number of hydrogen-bond donors (Lipinski definition) is 3. The van der Waals surface area contributed by atoms with Gasteiger partial charge >= 0.3 is 0 Å². The van der Waals surface area contributed by atoms with E-state index < -0.39 is 32.4 Å². The van der Waals surface area contributed by atoms with Gasteiger partial charge in [0, 0.05) is 11.6 Å². The largest absolute Gasteiger partial charge is 0.371 e. The van der Waals surface area contributed by atoms with Crippen molar-refractivity contribution in [1.29, 1.82) is 0 Å². The molecular formula is C18H20FN5O3S. The van der Waals surface area contributed by atoms with Crippen LogP contribution in [0.5, 0.6) is 0 Å². The molecule has 3 rings (SSSR count). The number of nitrogens with zero attached hydrogens (tertiary/aromatic N) is 2. The van der Waals surface area contributed by atoms with Crippen LogP contribution in [0.2, 0.25) is 0 Å². The summed E-state index contributed by atoms with van der Waals surface area (Å²) in [5, 5.41) is 6.93. The van der Waals surface area contributed by atoms with Gasteiger partial charge in [-0.1, -0.05) is 0 Å². The maximum absolute atomic E-state index is 13.5. The highest BCUT2D eigenvalue weighted by atomic mass is 32.2. The first-order chi connectivity index (χ1) is 13.0. The lowest BCUT2D eigenvalue weighted by Gasteiger charge is -2.28. The van der Waals surface area contributed by atoms with E-state index in [0.29, 0.717) is 11.3 Å². The number of rotatable bonds is 4. The van der Waals surface area contributed by atoms with Gasteiger partial charge in [-0.25, -0.2) is 12.8 Å². The van der Waals surface area contributed by atoms with Crippen molar-refractivity contribution in [1.82, 2.24) is 4.98 Å². The summed E-state index contributed by atoms with van der Waals surface area (Å²) in [6.07, 6.45) is 2.41. The lowest BCUT2D eigenvalue weighted by Crippen LogP contribution is -2.36. The van der Waals surface area contributed by atoms with Crippen molar-refractivity contribution in [3.05, 3.63) is 48.0 Å². The second-order valence-electron chi connectivity index (χ2n) is 7.31. The Hall–Kier alpha value is -3.01. The number of fused-ring (bicyclic) bond motifs is 1. The van der Waals surface area contributed by atoms with E-state index in [0.717, 1.165) is 6.20 Å². The molecular weight excluding hydrogens is 385 g/mol. The van der Waals surface area contributed by atoms with E-state index in [1.165, 1.54) is 24.4 Å². The molecule has 0 saturated carbocycles. The van der Waals surface area contributed by atoms with E-state index in [2.05, 4.69) is 20.8 Å². The molecule has 0 radical (unpaired) electrons. The summed E-state index contributed by atoms with van der Waals surface area (Å²) in [5.41, 5.74) is 9.30. The highest BCUT2D eigenvalue weighted by Crippen LogP contribution is 2.35. The summed E-state index contributed by atoms with van der Waals surface area (Å²) in [6.45, 7) is 4.80. The van der Waals surface area contributed by atoms with E-state index in [-0.39, 0.29) is 16.3 Å². The lowest BCUT2D eigenvalue weighted by atomic mass is 9.98. The van der Waals surface area contributed by atoms with Crippen LogP contribution < -0.4 is 16.5 Å². The quantitative estimate of drug-likeness (QED) is 0.716. The number of amides is 1. The standard InChI is InChI=1S/C18H20FN5O3S/c1-18(2,3)28(26,27)12-4-5-14-13(7-12)15(16(17(20)25)24-23-14)22-11-6-10(19)8-21-9-11/h4-9,15,22-23H,1-3H3,(H2,20,25). The Morgan fingerprint density at radius 1 is 1.25 bits per heavy atom. The predicted octanol–water partition coefficient (Wildman–Crippen LogP) is 2.21. The first-order valence-electron chi connectivity index (χ1n) is 8.40. The van der Waals surface area contributed by atoms with Crippen molar-refractivity contribution in [2.24, 2.45) is 10.8 Å². The monoisotopic (exact) mass is 405 g/mol. The second kappa shape index (κ2) is 6.86. The SMILES string of the molecule is CC(C)(C)S(=O)(=O)c1ccc2c(c1)C(Nc1cncc(F)c1)C(C(N)=O)=NN2. The molecule has 0 saturated heterocycles. The molecule has 1 aliphatic heterocycles. The fourth-order valence-corrected chi connectivity index (χ4v) is 3.97. The first-order valence-corrected chi connectivity index (χ1v) is 9.88. The fraction of sp³-hybridized carbons (Fsp3) is 0.278. The van der Waals surface area contributed by atoms with Gasteiger partial charge in [0.1, 0.15) is 11.9 Å². The number of pyridine rings is 1. The number of carbonyl (C=O) groups is 1. The molecule has 4 N–H and O–H groups in total. The fourth-order valence-electron chi connectivity index (χ4n) is 2.74. The summed E-state index contributed by atoms with van der Waals surface area (Å²) in [5.74, 6) is -1.37. The van der Waals surface area contributed by atoms with Gasteiger partial charge in [0.25, 0.3) is 5.91 Å². The first kappa shape index (κ1) is 19.7. The second-order valence-corrected chi connectivity index (χ2v) is 10.0. The minimum absolute atomic E-state index is 0.0675. The molecule has 0 spiro atoms. The van der Waals surface area contributed by atoms with Crippen LogP contribution in [-0.2, 0) is 14.6 Å². The lowest BCUT2D eigenvalue weighted by molar-refractivity contribution is -0.112. The Balaban J connectivity index is 2.12. The minimum Gasteiger partial charge on any atom is -0.371 e. The number of hydrazone groups is 1. The van der Waals surface area contributed by atoms with Crippen LogP contribution in [0.1, 0.15) is 32.4 Å². The molecule has 1 aliphatic rings. The number of nitrogens with one attached hydrogen (secondary N) is 2. The number of primary amides is 1. The molecule has 1 amide bonds. The molecule has 0 fully saturated rings. The van der Waals surface area contributed by atoms with Crippen LogP contribution in [0.25, 0.3) is 0 Å². The van der Waals surface area contributed by atoms with Crippen LogP contribution in [0, 0.1) is 5.82 Å². The maximum atomic E-state index is 13.5. The Bertz CT molecular complexity index is 1080. The third-order valence-electron chi connectivity index (χ3n) is 4.29. The molecule has 1 aromatic carbocycles. The normalized spacial score (nSPS) is 16.6. The van der Waals surface area contributed by atoms with Crippen molar-refractivity contribution in [2.45, 2.75) is 36.5 Å². The summed E-state index contributed by atoms with van der Waals surface area (Å²) >= 11 is 0. The van der Waals surface area contributed by atoms with Crippen molar-refractivity contribution in [2.75, 3.05) is 10.7 Å². The topological polar surface area (TPSA) is 127 Å². The summed E-state index contributed by atoms with van der Waals surface area (Å²) in [6, 6.07) is 4.81. The van der Waals surface area contributed by atoms with Crippen molar-refractivity contribution in [3.63, 3.8) is 0 Å². The third kappa shape index (κ3) is 3.55. The Morgan fingerprint density at radius 3 is 2.57 bits per heavy atom. The molecule has 2 heterocycles. The Labute approximate surface area is 162 Å². The molecule has 28 heavy (non-hydrogen) atoms. The van der Waals surface area contributed by atoms with E-state index in [9.17, 15) is 17.6 Å². The van der Waals surface area contributed by atoms with Crippen molar-refractivity contribution in [3.8, 4) is 0 Å². The number of halogens is 1. The Morgan fingerprint density at radius 2 is 1.96 bits per heavy atom. The van der Waals surface area contributed by atoms with E-state index in [1.807, 2.05) is 0 Å². The molecule has 1 aromatic heterocycles. The third-order valence-corrected chi connectivity index (χ3v) is 6.78. The number of aromatic nitrogens is 1. The van der Waals surface area contributed by atoms with Crippen LogP contribution in [0.15, 0.2) is 46.7 Å². The zero-order chi connectivity index (χ0) is 20.7. The average molecular weight is 405 g/mol. The van der Waals surface area contributed by atoms with E-state index in [4.69, 9.17) is 5.73 Å². The molecule has 2 aromatic rings. The van der Waals surface area contributed by atoms with Crippen molar-refractivity contribution >= 4 is 32.8 Å². The molecule has 0 aliphatic carbocycles. The minimum atomic E-state index is -3.63. The van der Waals surface area contributed by atoms with Gasteiger partial charge in [0.15, 0.2) is 15.5 Å². The van der Waals surface area contributed by atoms with Gasteiger partial charge in [0.2, 0.25) is 0 Å². The summed E-state index contributed by atoms with van der Waals surface area (Å²) in [4.78, 5) is 15.7. The van der Waals surface area contributed by atoms with Crippen LogP contribution in [0.4, 0.5) is 15.8 Å². The number of hydrogen-bond acceptors (Lipinski definition) is 7. The molecule has 1 unspecified atom stereocenters. The predicted molar refractivity (Wildman–Crippen MR) is 104 cm³/mol. The summed E-state index contributed by atoms with van der Waals surface area (Å²) < 4.78 is 38.2. The van der Waals surface area contributed by atoms with Gasteiger partial charge in [-0.05, 0) is 39.0 Å². The molecule has 0 bridgehead atoms. The molecule has 148 valence electrons.